The molecule has 0 fully saturated rings. The van der Waals surface area contributed by atoms with Crippen molar-refractivity contribution in [1.82, 2.24) is 0 Å². The molecule has 3 rings (SSSR count). The maximum atomic E-state index is 13.1. The maximum absolute atomic E-state index is 13.1. The molecule has 0 bridgehead atoms. The Morgan fingerprint density at radius 2 is 2.00 bits per heavy atom. The molecule has 2 aromatic rings. The minimum atomic E-state index is -0.297. The van der Waals surface area contributed by atoms with E-state index in [1.807, 2.05) is 0 Å². The van der Waals surface area contributed by atoms with Gasteiger partial charge in [-0.05, 0) is 30.3 Å². The molecule has 1 aliphatic heterocycles. The van der Waals surface area contributed by atoms with Crippen LogP contribution in [0.3, 0.4) is 0 Å². The van der Waals surface area contributed by atoms with Crippen molar-refractivity contribution in [3.8, 4) is 5.75 Å². The maximum Gasteiger partial charge on any atom is 0.143 e. The van der Waals surface area contributed by atoms with Crippen molar-refractivity contribution in [2.75, 3.05) is 11.9 Å². The van der Waals surface area contributed by atoms with Gasteiger partial charge in [0.25, 0.3) is 0 Å². The van der Waals surface area contributed by atoms with E-state index in [2.05, 4.69) is 5.32 Å². The summed E-state index contributed by atoms with van der Waals surface area (Å²) in [6.07, 6.45) is -0.246. The van der Waals surface area contributed by atoms with Gasteiger partial charge in [0.05, 0.1) is 12.2 Å². The Morgan fingerprint density at radius 1 is 1.16 bits per heavy atom. The van der Waals surface area contributed by atoms with Crippen LogP contribution >= 0.6 is 23.2 Å². The Hall–Kier alpha value is -1.45. The molecule has 1 heterocycles. The standard InChI is InChI=1S/C14H10Cl2FNO/c15-8-1-3-11(16)10(5-8)14-7-18-12-6-9(17)2-4-13(12)19-14/h1-6,14,18H,7H2. The SMILES string of the molecule is Fc1ccc2c(c1)NCC(c1cc(Cl)ccc1Cl)O2. The Balaban J connectivity index is 1.93. The van der Waals surface area contributed by atoms with Gasteiger partial charge >= 0.3 is 0 Å². The summed E-state index contributed by atoms with van der Waals surface area (Å²) in [6, 6.07) is 9.62. The molecule has 98 valence electrons. The zero-order valence-corrected chi connectivity index (χ0v) is 11.3. The molecule has 0 saturated carbocycles. The summed E-state index contributed by atoms with van der Waals surface area (Å²) in [6.45, 7) is 0.510. The van der Waals surface area contributed by atoms with E-state index in [1.54, 1.807) is 24.3 Å². The van der Waals surface area contributed by atoms with E-state index in [-0.39, 0.29) is 11.9 Å². The topological polar surface area (TPSA) is 21.3 Å². The van der Waals surface area contributed by atoms with Gasteiger partial charge in [-0.25, -0.2) is 4.39 Å². The van der Waals surface area contributed by atoms with Gasteiger partial charge in [0.15, 0.2) is 0 Å². The van der Waals surface area contributed by atoms with E-state index in [9.17, 15) is 4.39 Å². The molecule has 2 aromatic carbocycles. The van der Waals surface area contributed by atoms with Gasteiger partial charge in [0, 0.05) is 21.7 Å². The fourth-order valence-electron chi connectivity index (χ4n) is 2.08. The van der Waals surface area contributed by atoms with Crippen LogP contribution in [0.2, 0.25) is 10.0 Å². The lowest BCUT2D eigenvalue weighted by molar-refractivity contribution is 0.210. The summed E-state index contributed by atoms with van der Waals surface area (Å²) in [7, 11) is 0. The summed E-state index contributed by atoms with van der Waals surface area (Å²) in [5.41, 5.74) is 1.46. The molecule has 1 atom stereocenters. The van der Waals surface area contributed by atoms with Crippen LogP contribution in [0.15, 0.2) is 36.4 Å². The average Bonchev–Trinajstić information content (AvgIpc) is 2.41. The van der Waals surface area contributed by atoms with Crippen LogP contribution < -0.4 is 10.1 Å². The number of ether oxygens (including phenoxy) is 1. The second-order valence-electron chi connectivity index (χ2n) is 4.29. The molecule has 5 heteroatoms. The Labute approximate surface area is 120 Å². The van der Waals surface area contributed by atoms with Gasteiger partial charge in [-0.3, -0.25) is 0 Å². The summed E-state index contributed by atoms with van der Waals surface area (Å²) >= 11 is 12.1. The van der Waals surface area contributed by atoms with Crippen LogP contribution in [0.4, 0.5) is 10.1 Å². The van der Waals surface area contributed by atoms with E-state index in [0.29, 0.717) is 28.0 Å². The number of benzene rings is 2. The Kier molecular flexibility index (Phi) is 3.25. The zero-order chi connectivity index (χ0) is 13.4. The molecule has 0 aliphatic carbocycles. The van der Waals surface area contributed by atoms with Crippen LogP contribution in [0, 0.1) is 5.82 Å². The first-order valence-electron chi connectivity index (χ1n) is 5.78. The smallest absolute Gasteiger partial charge is 0.143 e. The van der Waals surface area contributed by atoms with Crippen LogP contribution in [0.25, 0.3) is 0 Å². The highest BCUT2D eigenvalue weighted by molar-refractivity contribution is 6.33. The highest BCUT2D eigenvalue weighted by Gasteiger charge is 2.23. The highest BCUT2D eigenvalue weighted by Crippen LogP contribution is 2.37. The van der Waals surface area contributed by atoms with Crippen molar-refractivity contribution < 1.29 is 9.13 Å². The molecule has 0 spiro atoms. The van der Waals surface area contributed by atoms with E-state index in [1.165, 1.54) is 12.1 Å². The van der Waals surface area contributed by atoms with Crippen molar-refractivity contribution in [3.05, 3.63) is 57.8 Å². The van der Waals surface area contributed by atoms with Crippen molar-refractivity contribution in [2.45, 2.75) is 6.10 Å². The molecule has 0 saturated heterocycles. The molecule has 0 radical (unpaired) electrons. The minimum absolute atomic E-state index is 0.246. The fraction of sp³-hybridized carbons (Fsp3) is 0.143. The molecule has 0 aromatic heterocycles. The predicted octanol–water partition coefficient (Wildman–Crippen LogP) is 4.68. The minimum Gasteiger partial charge on any atom is -0.482 e. The summed E-state index contributed by atoms with van der Waals surface area (Å²) in [5.74, 6) is 0.308. The lowest BCUT2D eigenvalue weighted by atomic mass is 10.1. The number of hydrogen-bond donors (Lipinski definition) is 1. The average molecular weight is 298 g/mol. The molecule has 19 heavy (non-hydrogen) atoms. The van der Waals surface area contributed by atoms with Crippen molar-refractivity contribution in [1.29, 1.82) is 0 Å². The third-order valence-electron chi connectivity index (χ3n) is 2.99. The summed E-state index contributed by atoms with van der Waals surface area (Å²) in [5, 5.41) is 4.34. The van der Waals surface area contributed by atoms with Crippen LogP contribution in [-0.2, 0) is 0 Å². The summed E-state index contributed by atoms with van der Waals surface area (Å²) < 4.78 is 18.9. The first-order chi connectivity index (χ1) is 9.13. The molecular weight excluding hydrogens is 288 g/mol. The van der Waals surface area contributed by atoms with Crippen LogP contribution in [0.5, 0.6) is 5.75 Å². The van der Waals surface area contributed by atoms with Crippen molar-refractivity contribution >= 4 is 28.9 Å². The number of anilines is 1. The highest BCUT2D eigenvalue weighted by atomic mass is 35.5. The van der Waals surface area contributed by atoms with E-state index >= 15 is 0 Å². The number of rotatable bonds is 1. The van der Waals surface area contributed by atoms with Gasteiger partial charge in [0.2, 0.25) is 0 Å². The Morgan fingerprint density at radius 3 is 2.84 bits per heavy atom. The van der Waals surface area contributed by atoms with Crippen LogP contribution in [0.1, 0.15) is 11.7 Å². The van der Waals surface area contributed by atoms with Crippen LogP contribution in [-0.4, -0.2) is 6.54 Å². The molecule has 0 amide bonds. The van der Waals surface area contributed by atoms with E-state index in [0.717, 1.165) is 5.56 Å². The monoisotopic (exact) mass is 297 g/mol. The van der Waals surface area contributed by atoms with E-state index < -0.39 is 0 Å². The molecule has 1 N–H and O–H groups in total. The second kappa shape index (κ2) is 4.91. The third-order valence-corrected chi connectivity index (χ3v) is 3.57. The van der Waals surface area contributed by atoms with Crippen molar-refractivity contribution in [2.24, 2.45) is 0 Å². The number of halogens is 3. The first kappa shape index (κ1) is 12.6. The van der Waals surface area contributed by atoms with Crippen molar-refractivity contribution in [3.63, 3.8) is 0 Å². The lowest BCUT2D eigenvalue weighted by Gasteiger charge is -2.28. The third kappa shape index (κ3) is 2.48. The molecular formula is C14H10Cl2FNO. The fourth-order valence-corrected chi connectivity index (χ4v) is 2.50. The number of nitrogens with one attached hydrogen (secondary N) is 1. The first-order valence-corrected chi connectivity index (χ1v) is 6.54. The second-order valence-corrected chi connectivity index (χ2v) is 5.14. The van der Waals surface area contributed by atoms with Gasteiger partial charge in [-0.2, -0.15) is 0 Å². The summed E-state index contributed by atoms with van der Waals surface area (Å²) in [4.78, 5) is 0. The zero-order valence-electron chi connectivity index (χ0n) is 9.79. The molecule has 1 unspecified atom stereocenters. The molecule has 2 nitrogen and oxygen atoms in total. The largest absolute Gasteiger partial charge is 0.482 e. The van der Waals surface area contributed by atoms with E-state index in [4.69, 9.17) is 27.9 Å². The van der Waals surface area contributed by atoms with Gasteiger partial charge in [-0.1, -0.05) is 23.2 Å². The number of hydrogen-bond acceptors (Lipinski definition) is 2. The normalized spacial score (nSPS) is 17.3. The quantitative estimate of drug-likeness (QED) is 0.825. The predicted molar refractivity (Wildman–Crippen MR) is 74.7 cm³/mol. The Bertz CT molecular complexity index is 633. The van der Waals surface area contributed by atoms with Gasteiger partial charge in [-0.15, -0.1) is 0 Å². The number of fused-ring (bicyclic) bond motifs is 1. The molecule has 1 aliphatic rings. The lowest BCUT2D eigenvalue weighted by Crippen LogP contribution is -2.23. The van der Waals surface area contributed by atoms with Gasteiger partial charge in [0.1, 0.15) is 17.7 Å². The van der Waals surface area contributed by atoms with Gasteiger partial charge < -0.3 is 10.1 Å².